The van der Waals surface area contributed by atoms with Crippen molar-refractivity contribution >= 4 is 11.3 Å². The van der Waals surface area contributed by atoms with Gasteiger partial charge in [-0.2, -0.15) is 9.94 Å². The number of hydrogen-bond donors (Lipinski definition) is 0. The number of aromatic nitrogens is 5. The highest BCUT2D eigenvalue weighted by atomic mass is 32.1. The van der Waals surface area contributed by atoms with Crippen LogP contribution in [0.3, 0.4) is 0 Å². The highest BCUT2D eigenvalue weighted by Crippen LogP contribution is 2.31. The van der Waals surface area contributed by atoms with Gasteiger partial charge in [-0.25, -0.2) is 4.98 Å². The number of aryl methyl sites for hydroxylation is 2. The van der Waals surface area contributed by atoms with Crippen LogP contribution in [0, 0.1) is 11.3 Å². The Balaban J connectivity index is 1.88. The molecule has 0 atom stereocenters. The van der Waals surface area contributed by atoms with Crippen LogP contribution in [-0.4, -0.2) is 25.0 Å². The van der Waals surface area contributed by atoms with Gasteiger partial charge in [0.1, 0.15) is 11.8 Å². The summed E-state index contributed by atoms with van der Waals surface area (Å²) in [6.45, 7) is 0. The van der Waals surface area contributed by atoms with Crippen LogP contribution in [0.2, 0.25) is 0 Å². The van der Waals surface area contributed by atoms with Gasteiger partial charge < -0.3 is 0 Å². The first kappa shape index (κ1) is 13.1. The number of nitrogens with zero attached hydrogens (tertiary/aromatic N) is 6. The van der Waals surface area contributed by atoms with Gasteiger partial charge in [-0.1, -0.05) is 16.6 Å². The topological polar surface area (TPSA) is 80.3 Å². The van der Waals surface area contributed by atoms with Gasteiger partial charge in [0.2, 0.25) is 5.13 Å². The molecule has 0 aromatic carbocycles. The predicted molar refractivity (Wildman–Crippen MR) is 81.6 cm³/mol. The predicted octanol–water partition coefficient (Wildman–Crippen LogP) is 2.54. The Morgan fingerprint density at radius 2 is 2.00 bits per heavy atom. The maximum atomic E-state index is 9.30. The summed E-state index contributed by atoms with van der Waals surface area (Å²) in [5.74, 6) is 0. The molecule has 3 aromatic rings. The van der Waals surface area contributed by atoms with E-state index in [0.717, 1.165) is 23.5 Å². The van der Waals surface area contributed by atoms with Crippen LogP contribution in [0.4, 0.5) is 0 Å². The highest BCUT2D eigenvalue weighted by Gasteiger charge is 2.21. The van der Waals surface area contributed by atoms with Crippen molar-refractivity contribution in [2.75, 3.05) is 0 Å². The summed E-state index contributed by atoms with van der Waals surface area (Å²) >= 11 is 1.65. The third kappa shape index (κ3) is 2.09. The molecule has 1 aliphatic carbocycles. The van der Waals surface area contributed by atoms with Gasteiger partial charge in [-0.15, -0.1) is 5.10 Å². The lowest BCUT2D eigenvalue weighted by atomic mass is 10.0. The van der Waals surface area contributed by atoms with Gasteiger partial charge in [0.15, 0.2) is 5.69 Å². The average molecular weight is 308 g/mol. The largest absolute Gasteiger partial charge is 0.265 e. The van der Waals surface area contributed by atoms with E-state index in [-0.39, 0.29) is 0 Å². The molecule has 0 saturated carbocycles. The fourth-order valence-electron chi connectivity index (χ4n) is 2.69. The molecule has 22 heavy (non-hydrogen) atoms. The number of hydrogen-bond acceptors (Lipinski definition) is 6. The third-order valence-corrected chi connectivity index (χ3v) is 4.88. The Hall–Kier alpha value is -2.59. The summed E-state index contributed by atoms with van der Waals surface area (Å²) in [6, 6.07) is 5.81. The molecule has 1 aliphatic rings. The van der Waals surface area contributed by atoms with E-state index >= 15 is 0 Å². The molecule has 0 fully saturated rings. The van der Waals surface area contributed by atoms with Crippen LogP contribution in [-0.2, 0) is 12.8 Å². The fraction of sp³-hybridized carbons (Fsp3) is 0.267. The molecular weight excluding hydrogens is 296 g/mol. The van der Waals surface area contributed by atoms with Crippen molar-refractivity contribution < 1.29 is 0 Å². The number of thiazole rings is 1. The second-order valence-corrected chi connectivity index (χ2v) is 6.18. The zero-order chi connectivity index (χ0) is 14.9. The van der Waals surface area contributed by atoms with Gasteiger partial charge in [0.25, 0.3) is 0 Å². The molecule has 0 amide bonds. The van der Waals surface area contributed by atoms with Crippen LogP contribution in [0.1, 0.15) is 29.1 Å². The Kier molecular flexibility index (Phi) is 3.16. The smallest absolute Gasteiger partial charge is 0.212 e. The average Bonchev–Trinajstić information content (AvgIpc) is 3.18. The normalized spacial score (nSPS) is 13.6. The summed E-state index contributed by atoms with van der Waals surface area (Å²) < 4.78 is 1.68. The number of fused-ring (bicyclic) bond motifs is 1. The number of rotatable bonds is 2. The second kappa shape index (κ2) is 5.31. The fourth-order valence-corrected chi connectivity index (χ4v) is 3.79. The SMILES string of the molecule is N#Cc1nnn(-c2nc3c(s2)CCCC3)c1-c1ccncc1. The quantitative estimate of drug-likeness (QED) is 0.726. The van der Waals surface area contributed by atoms with Gasteiger partial charge in [-0.05, 0) is 37.8 Å². The zero-order valence-electron chi connectivity index (χ0n) is 11.7. The van der Waals surface area contributed by atoms with Crippen molar-refractivity contribution in [3.05, 3.63) is 40.8 Å². The first-order chi connectivity index (χ1) is 10.9. The van der Waals surface area contributed by atoms with Crippen LogP contribution in [0.25, 0.3) is 16.4 Å². The van der Waals surface area contributed by atoms with E-state index < -0.39 is 0 Å². The van der Waals surface area contributed by atoms with Crippen molar-refractivity contribution in [3.63, 3.8) is 0 Å². The summed E-state index contributed by atoms with van der Waals surface area (Å²) in [5, 5.41) is 18.2. The summed E-state index contributed by atoms with van der Waals surface area (Å²) in [6.07, 6.45) is 7.90. The molecule has 6 nitrogen and oxygen atoms in total. The Labute approximate surface area is 131 Å². The Morgan fingerprint density at radius 3 is 2.77 bits per heavy atom. The zero-order valence-corrected chi connectivity index (χ0v) is 12.5. The minimum absolute atomic E-state index is 0.305. The van der Waals surface area contributed by atoms with Crippen molar-refractivity contribution in [2.45, 2.75) is 25.7 Å². The van der Waals surface area contributed by atoms with E-state index in [1.165, 1.54) is 23.4 Å². The minimum Gasteiger partial charge on any atom is -0.265 e. The summed E-state index contributed by atoms with van der Waals surface area (Å²) in [5.41, 5.74) is 3.01. The minimum atomic E-state index is 0.305. The molecule has 0 N–H and O–H groups in total. The maximum absolute atomic E-state index is 9.30. The van der Waals surface area contributed by atoms with Crippen molar-refractivity contribution in [1.29, 1.82) is 5.26 Å². The molecule has 7 heteroatoms. The van der Waals surface area contributed by atoms with Crippen LogP contribution < -0.4 is 0 Å². The molecule has 0 bridgehead atoms. The molecule has 3 aromatic heterocycles. The van der Waals surface area contributed by atoms with Crippen molar-refractivity contribution in [2.24, 2.45) is 0 Å². The standard InChI is InChI=1S/C15H12N6S/c16-9-12-14(10-5-7-17-8-6-10)21(20-19-12)15-18-11-3-1-2-4-13(11)22-15/h5-8H,1-4H2. The van der Waals surface area contributed by atoms with Gasteiger partial charge in [0.05, 0.1) is 5.69 Å². The molecule has 0 spiro atoms. The van der Waals surface area contributed by atoms with E-state index in [1.807, 2.05) is 12.1 Å². The molecule has 0 unspecified atom stereocenters. The van der Waals surface area contributed by atoms with Crippen molar-refractivity contribution in [1.82, 2.24) is 25.0 Å². The van der Waals surface area contributed by atoms with Gasteiger partial charge in [-0.3, -0.25) is 4.98 Å². The lowest BCUT2D eigenvalue weighted by Crippen LogP contribution is -2.01. The molecule has 0 saturated heterocycles. The summed E-state index contributed by atoms with van der Waals surface area (Å²) in [7, 11) is 0. The van der Waals surface area contributed by atoms with Crippen LogP contribution in [0.15, 0.2) is 24.5 Å². The number of pyridine rings is 1. The van der Waals surface area contributed by atoms with E-state index in [0.29, 0.717) is 11.4 Å². The molecule has 108 valence electrons. The number of nitriles is 1. The Morgan fingerprint density at radius 1 is 1.18 bits per heavy atom. The molecule has 3 heterocycles. The third-order valence-electron chi connectivity index (χ3n) is 3.75. The van der Waals surface area contributed by atoms with Gasteiger partial charge in [0, 0.05) is 22.8 Å². The van der Waals surface area contributed by atoms with E-state index in [1.54, 1.807) is 28.4 Å². The molecule has 0 aliphatic heterocycles. The summed E-state index contributed by atoms with van der Waals surface area (Å²) in [4.78, 5) is 10.1. The van der Waals surface area contributed by atoms with E-state index in [9.17, 15) is 5.26 Å². The van der Waals surface area contributed by atoms with Crippen LogP contribution >= 0.6 is 11.3 Å². The Bertz CT molecular complexity index is 835. The molecular formula is C15H12N6S. The van der Waals surface area contributed by atoms with Gasteiger partial charge >= 0.3 is 0 Å². The first-order valence-corrected chi connectivity index (χ1v) is 7.93. The first-order valence-electron chi connectivity index (χ1n) is 7.12. The maximum Gasteiger partial charge on any atom is 0.212 e. The second-order valence-electron chi connectivity index (χ2n) is 5.12. The molecule has 0 radical (unpaired) electrons. The van der Waals surface area contributed by atoms with E-state index in [2.05, 4.69) is 21.4 Å². The monoisotopic (exact) mass is 308 g/mol. The van der Waals surface area contributed by atoms with E-state index in [4.69, 9.17) is 4.98 Å². The van der Waals surface area contributed by atoms with Crippen molar-refractivity contribution in [3.8, 4) is 22.5 Å². The lowest BCUT2D eigenvalue weighted by molar-refractivity contribution is 0.679. The van der Waals surface area contributed by atoms with Crippen LogP contribution in [0.5, 0.6) is 0 Å². The highest BCUT2D eigenvalue weighted by molar-refractivity contribution is 7.14. The lowest BCUT2D eigenvalue weighted by Gasteiger charge is -2.06. The molecule has 4 rings (SSSR count).